The molecule has 3 fully saturated rings. The van der Waals surface area contributed by atoms with Gasteiger partial charge in [-0.2, -0.15) is 0 Å². The molecule has 7 atom stereocenters. The number of pyridine rings is 1. The van der Waals surface area contributed by atoms with Gasteiger partial charge in [-0.05, 0) is 75.8 Å². The molecule has 17 nitrogen and oxygen atoms in total. The van der Waals surface area contributed by atoms with Crippen LogP contribution in [0.3, 0.4) is 0 Å². The van der Waals surface area contributed by atoms with Crippen molar-refractivity contribution in [2.24, 2.45) is 11.8 Å². The highest BCUT2D eigenvalue weighted by Crippen LogP contribution is 2.31. The van der Waals surface area contributed by atoms with Crippen LogP contribution in [-0.4, -0.2) is 128 Å². The number of ketones is 1. The van der Waals surface area contributed by atoms with E-state index in [1.165, 1.54) is 35.5 Å². The van der Waals surface area contributed by atoms with Crippen molar-refractivity contribution >= 4 is 47.2 Å². The van der Waals surface area contributed by atoms with Gasteiger partial charge in [0.15, 0.2) is 5.78 Å². The molecule has 0 bridgehead atoms. The van der Waals surface area contributed by atoms with Gasteiger partial charge in [0.05, 0.1) is 12.5 Å². The Hall–Kier alpha value is -4.93. The number of carboxylic acids is 1. The molecule has 1 unspecified atom stereocenters. The number of Topliss-reactive ketones (excluding diaryl/α,β-unsaturated/α-hetero) is 1. The molecule has 4 rings (SSSR count). The number of amides is 6. The van der Waals surface area contributed by atoms with Crippen molar-refractivity contribution in [2.75, 3.05) is 19.6 Å². The largest absolute Gasteiger partial charge is 0.481 e. The monoisotopic (exact) mass is 825 g/mol. The minimum Gasteiger partial charge on any atom is -0.481 e. The maximum Gasteiger partial charge on any atom is 0.305 e. The molecule has 1 aliphatic carbocycles. The molecular weight excluding hydrogens is 763 g/mol. The minimum atomic E-state index is -1.59. The molecule has 6 amide bonds. The molecule has 0 spiro atoms. The van der Waals surface area contributed by atoms with E-state index in [2.05, 4.69) is 26.3 Å². The number of rotatable bonds is 20. The first-order chi connectivity index (χ1) is 28.2. The van der Waals surface area contributed by atoms with Gasteiger partial charge in [-0.1, -0.05) is 46.0 Å². The predicted octanol–water partition coefficient (Wildman–Crippen LogP) is 1.86. The van der Waals surface area contributed by atoms with Gasteiger partial charge in [0.1, 0.15) is 30.2 Å². The smallest absolute Gasteiger partial charge is 0.305 e. The second-order valence-corrected chi connectivity index (χ2v) is 16.3. The lowest BCUT2D eigenvalue weighted by Gasteiger charge is -2.38. The molecule has 3 heterocycles. The Balaban J connectivity index is 1.50. The summed E-state index contributed by atoms with van der Waals surface area (Å²) in [5, 5.41) is 30.7. The lowest BCUT2D eigenvalue weighted by Crippen LogP contribution is -2.61. The molecule has 17 heteroatoms. The highest BCUT2D eigenvalue weighted by molar-refractivity contribution is 5.99. The molecule has 2 saturated heterocycles. The summed E-state index contributed by atoms with van der Waals surface area (Å²) in [6.45, 7) is 5.80. The standard InChI is InChI=1S/C42H63N7O10/c1-4-19-44-40(57)37(27(3)50)47-39(56)33-14-10-23-49(33)42(59)31(25-36(53)54)46-38(55)32-13-8-9-22-48(32)41(58)30(15-16-34(51)29-17-20-43-21-18-29)45-35(52)24-26(2)28-11-6-5-7-12-28/h17-18,20-21,26-28,30-33,37,50H,4-16,19,22-25H2,1-3H3,(H,44,57)(H,45,52)(H,46,55)(H,47,56)(H,53,54)/t26-,27?,30-,31-,32-,33-,37-/m0/s1. The van der Waals surface area contributed by atoms with Crippen LogP contribution in [0.4, 0.5) is 0 Å². The zero-order valence-electron chi connectivity index (χ0n) is 34.7. The van der Waals surface area contributed by atoms with Gasteiger partial charge in [-0.3, -0.25) is 43.3 Å². The second kappa shape index (κ2) is 23.0. The first-order valence-corrected chi connectivity index (χ1v) is 21.3. The zero-order valence-corrected chi connectivity index (χ0v) is 34.7. The lowest BCUT2D eigenvalue weighted by molar-refractivity contribution is -0.149. The molecule has 326 valence electrons. The molecular formula is C42H63N7O10. The average Bonchev–Trinajstić information content (AvgIpc) is 3.73. The number of aliphatic hydroxyl groups is 1. The van der Waals surface area contributed by atoms with E-state index < -0.39 is 78.2 Å². The molecule has 3 aliphatic rings. The van der Waals surface area contributed by atoms with Crippen LogP contribution in [0.1, 0.15) is 127 Å². The van der Waals surface area contributed by atoms with Crippen LogP contribution >= 0.6 is 0 Å². The molecule has 0 radical (unpaired) electrons. The normalized spacial score (nSPS) is 20.9. The Kier molecular flexibility index (Phi) is 18.2. The summed E-state index contributed by atoms with van der Waals surface area (Å²) >= 11 is 0. The predicted molar refractivity (Wildman–Crippen MR) is 215 cm³/mol. The van der Waals surface area contributed by atoms with Gasteiger partial charge < -0.3 is 41.3 Å². The summed E-state index contributed by atoms with van der Waals surface area (Å²) < 4.78 is 0. The van der Waals surface area contributed by atoms with E-state index in [0.29, 0.717) is 43.7 Å². The van der Waals surface area contributed by atoms with E-state index in [-0.39, 0.29) is 62.8 Å². The van der Waals surface area contributed by atoms with Gasteiger partial charge in [0, 0.05) is 50.4 Å². The van der Waals surface area contributed by atoms with Crippen molar-refractivity contribution in [2.45, 2.75) is 153 Å². The maximum absolute atomic E-state index is 14.4. The number of piperidine rings is 1. The van der Waals surface area contributed by atoms with Crippen molar-refractivity contribution in [3.8, 4) is 0 Å². The number of nitrogens with zero attached hydrogens (tertiary/aromatic N) is 3. The summed E-state index contributed by atoms with van der Waals surface area (Å²) in [7, 11) is 0. The van der Waals surface area contributed by atoms with E-state index in [1.807, 2.05) is 13.8 Å². The Morgan fingerprint density at radius 3 is 1.98 bits per heavy atom. The fraction of sp³-hybridized carbons (Fsp3) is 0.690. The molecule has 2 aliphatic heterocycles. The lowest BCUT2D eigenvalue weighted by atomic mass is 9.79. The van der Waals surface area contributed by atoms with E-state index in [9.17, 15) is 48.6 Å². The molecule has 1 aromatic heterocycles. The fourth-order valence-corrected chi connectivity index (χ4v) is 8.46. The first-order valence-electron chi connectivity index (χ1n) is 21.3. The summed E-state index contributed by atoms with van der Waals surface area (Å²) in [6.07, 6.45) is 9.07. The second-order valence-electron chi connectivity index (χ2n) is 16.3. The van der Waals surface area contributed by atoms with Crippen LogP contribution in [0.25, 0.3) is 0 Å². The molecule has 59 heavy (non-hydrogen) atoms. The topological polar surface area (TPSA) is 245 Å². The molecule has 6 N–H and O–H groups in total. The summed E-state index contributed by atoms with van der Waals surface area (Å²) in [6, 6.07) is -3.08. The first kappa shape index (κ1) is 46.8. The Labute approximate surface area is 346 Å². The number of aromatic nitrogens is 1. The van der Waals surface area contributed by atoms with Crippen molar-refractivity contribution in [1.29, 1.82) is 0 Å². The van der Waals surface area contributed by atoms with Gasteiger partial charge in [0.2, 0.25) is 35.4 Å². The third-order valence-corrected chi connectivity index (χ3v) is 11.8. The van der Waals surface area contributed by atoms with Crippen LogP contribution < -0.4 is 21.3 Å². The van der Waals surface area contributed by atoms with Gasteiger partial charge >= 0.3 is 5.97 Å². The van der Waals surface area contributed by atoms with Gasteiger partial charge in [0.25, 0.3) is 0 Å². The number of aliphatic hydroxyl groups excluding tert-OH is 1. The number of carboxylic acid groups (broad SMARTS) is 1. The van der Waals surface area contributed by atoms with Gasteiger partial charge in [-0.15, -0.1) is 0 Å². The van der Waals surface area contributed by atoms with Crippen LogP contribution in [0, 0.1) is 11.8 Å². The highest BCUT2D eigenvalue weighted by atomic mass is 16.4. The number of nitrogens with one attached hydrogen (secondary N) is 4. The van der Waals surface area contributed by atoms with Crippen LogP contribution in [0.2, 0.25) is 0 Å². The number of carbonyl (C=O) groups is 8. The van der Waals surface area contributed by atoms with E-state index >= 15 is 0 Å². The molecule has 0 aromatic carbocycles. The van der Waals surface area contributed by atoms with E-state index in [4.69, 9.17) is 0 Å². The minimum absolute atomic E-state index is 0.0247. The number of carbonyl (C=O) groups excluding carboxylic acids is 7. The maximum atomic E-state index is 14.4. The third-order valence-electron chi connectivity index (χ3n) is 11.8. The summed E-state index contributed by atoms with van der Waals surface area (Å²) in [4.78, 5) is 114. The average molecular weight is 826 g/mol. The van der Waals surface area contributed by atoms with Crippen LogP contribution in [-0.2, 0) is 33.6 Å². The van der Waals surface area contributed by atoms with Crippen molar-refractivity contribution in [3.05, 3.63) is 30.1 Å². The summed E-state index contributed by atoms with van der Waals surface area (Å²) in [5.41, 5.74) is 0.408. The van der Waals surface area contributed by atoms with E-state index in [1.54, 1.807) is 12.1 Å². The highest BCUT2D eigenvalue weighted by Gasteiger charge is 2.42. The molecule has 1 aromatic rings. The molecule has 1 saturated carbocycles. The van der Waals surface area contributed by atoms with Crippen molar-refractivity contribution < 1.29 is 48.6 Å². The number of likely N-dealkylation sites (tertiary alicyclic amines) is 2. The van der Waals surface area contributed by atoms with Crippen LogP contribution in [0.15, 0.2) is 24.5 Å². The summed E-state index contributed by atoms with van der Waals surface area (Å²) in [5.74, 6) is -4.89. The van der Waals surface area contributed by atoms with Crippen molar-refractivity contribution in [1.82, 2.24) is 36.1 Å². The number of hydrogen-bond acceptors (Lipinski definition) is 10. The number of aliphatic carboxylic acids is 1. The van der Waals surface area contributed by atoms with Crippen LogP contribution in [0.5, 0.6) is 0 Å². The van der Waals surface area contributed by atoms with Crippen molar-refractivity contribution in [3.63, 3.8) is 0 Å². The Bertz CT molecular complexity index is 1640. The number of hydrogen-bond donors (Lipinski definition) is 6. The Morgan fingerprint density at radius 1 is 0.763 bits per heavy atom. The Morgan fingerprint density at radius 2 is 1.36 bits per heavy atom. The zero-order chi connectivity index (χ0) is 43.1. The fourth-order valence-electron chi connectivity index (χ4n) is 8.46. The van der Waals surface area contributed by atoms with Gasteiger partial charge in [-0.25, -0.2) is 0 Å². The quantitative estimate of drug-likeness (QED) is 0.104. The third kappa shape index (κ3) is 13.5. The SMILES string of the molecule is CCCNC(=O)[C@@H](NC(=O)[C@@H]1CCCN1C(=O)[C@H](CC(=O)O)NC(=O)[C@@H]1CCCCN1C(=O)[C@H](CCC(=O)c1ccncc1)NC(=O)C[C@H](C)C1CCCCC1)C(C)O. The van der Waals surface area contributed by atoms with E-state index in [0.717, 1.165) is 25.7 Å².